The van der Waals surface area contributed by atoms with Crippen molar-refractivity contribution in [1.29, 1.82) is 0 Å². The van der Waals surface area contributed by atoms with Crippen LogP contribution in [0.25, 0.3) is 0 Å². The molecule has 0 aliphatic heterocycles. The van der Waals surface area contributed by atoms with E-state index in [0.717, 1.165) is 7.05 Å². The van der Waals surface area contributed by atoms with Gasteiger partial charge in [0.15, 0.2) is 0 Å². The molecule has 13 heteroatoms. The molecule has 0 heterocycles. The van der Waals surface area contributed by atoms with E-state index >= 15 is 0 Å². The predicted octanol–water partition coefficient (Wildman–Crippen LogP) is -0.603. The van der Waals surface area contributed by atoms with Crippen molar-refractivity contribution in [3.05, 3.63) is 4.91 Å². The molecule has 0 aromatic carbocycles. The third kappa shape index (κ3) is 4.89. The van der Waals surface area contributed by atoms with Crippen LogP contribution in [0, 0.1) is 4.91 Å². The molecule has 0 saturated heterocycles. The first-order chi connectivity index (χ1) is 8.46. The smallest absolute Gasteiger partial charge is 0.244 e. The average Bonchev–Trinajstić information content (AvgIpc) is 2.24. The van der Waals surface area contributed by atoms with Crippen LogP contribution in [0.2, 0.25) is 0 Å². The zero-order valence-electron chi connectivity index (χ0n) is 10.3. The maximum atomic E-state index is 11.7. The number of nitroso groups, excluding NO2 is 1. The van der Waals surface area contributed by atoms with E-state index < -0.39 is 32.6 Å². The van der Waals surface area contributed by atoms with Crippen molar-refractivity contribution in [1.82, 2.24) is 13.8 Å². The van der Waals surface area contributed by atoms with Crippen LogP contribution < -0.4 is 0 Å². The molecule has 0 unspecified atom stereocenters. The van der Waals surface area contributed by atoms with Gasteiger partial charge in [-0.3, -0.25) is 0 Å². The molecular formula is C6H13ClN4O6S2. The number of halogens is 1. The fourth-order valence-electron chi connectivity index (χ4n) is 1.03. The molecule has 0 spiro atoms. The van der Waals surface area contributed by atoms with Crippen molar-refractivity contribution < 1.29 is 21.6 Å². The first-order valence-electron chi connectivity index (χ1n) is 4.61. The molecule has 0 radical (unpaired) electrons. The van der Waals surface area contributed by atoms with E-state index in [1.165, 1.54) is 0 Å². The van der Waals surface area contributed by atoms with E-state index in [-0.39, 0.29) is 19.7 Å². The first-order valence-corrected chi connectivity index (χ1v) is 8.84. The lowest BCUT2D eigenvalue weighted by Crippen LogP contribution is -2.55. The summed E-state index contributed by atoms with van der Waals surface area (Å²) < 4.78 is 46.3. The highest BCUT2D eigenvalue weighted by Crippen LogP contribution is 2.13. The first kappa shape index (κ1) is 18.0. The fraction of sp³-hybridized carbons (Fsp3) is 0.833. The van der Waals surface area contributed by atoms with Gasteiger partial charge in [-0.25, -0.2) is 21.6 Å². The minimum absolute atomic E-state index is 0.0773. The Balaban J connectivity index is 5.85. The summed E-state index contributed by atoms with van der Waals surface area (Å²) in [5.41, 5.74) is 0. The van der Waals surface area contributed by atoms with Crippen molar-refractivity contribution in [2.45, 2.75) is 0 Å². The van der Waals surface area contributed by atoms with Crippen LogP contribution in [0.4, 0.5) is 4.79 Å². The average molecular weight is 337 g/mol. The third-order valence-corrected chi connectivity index (χ3v) is 4.10. The van der Waals surface area contributed by atoms with Crippen molar-refractivity contribution in [3.63, 3.8) is 0 Å². The van der Waals surface area contributed by atoms with Crippen molar-refractivity contribution >= 4 is 37.7 Å². The van der Waals surface area contributed by atoms with E-state index in [2.05, 4.69) is 5.29 Å². The Hall–Kier alpha value is -0.980. The van der Waals surface area contributed by atoms with Crippen LogP contribution in [0.5, 0.6) is 0 Å². The lowest BCUT2D eigenvalue weighted by Gasteiger charge is -2.30. The number of amides is 2. The maximum absolute atomic E-state index is 11.7. The Morgan fingerprint density at radius 1 is 1.16 bits per heavy atom. The lowest BCUT2D eigenvalue weighted by molar-refractivity contribution is 0.135. The molecule has 0 aromatic heterocycles. The number of alkyl halides is 1. The number of hydrogen-bond donors (Lipinski definition) is 0. The molecule has 0 aromatic rings. The van der Waals surface area contributed by atoms with Gasteiger partial charge in [0.1, 0.15) is 0 Å². The quantitative estimate of drug-likeness (QED) is 0.362. The van der Waals surface area contributed by atoms with E-state index in [1.807, 2.05) is 0 Å². The number of urea groups is 1. The number of carbonyl (C=O) groups is 1. The minimum Gasteiger partial charge on any atom is -0.244 e. The van der Waals surface area contributed by atoms with Gasteiger partial charge in [0, 0.05) is 19.5 Å². The summed E-state index contributed by atoms with van der Waals surface area (Å²) in [7, 11) is -7.50. The number of sulfonamides is 2. The monoisotopic (exact) mass is 336 g/mol. The Morgan fingerprint density at radius 3 is 1.89 bits per heavy atom. The van der Waals surface area contributed by atoms with E-state index in [1.54, 1.807) is 0 Å². The predicted molar refractivity (Wildman–Crippen MR) is 67.9 cm³/mol. The van der Waals surface area contributed by atoms with Gasteiger partial charge in [-0.15, -0.1) is 20.9 Å². The number of nitrogens with zero attached hydrogens (tertiary/aromatic N) is 4. The second kappa shape index (κ2) is 6.45. The molecule has 0 fully saturated rings. The van der Waals surface area contributed by atoms with Crippen LogP contribution in [-0.2, 0) is 20.0 Å². The summed E-state index contributed by atoms with van der Waals surface area (Å²) in [4.78, 5) is 22.0. The maximum Gasteiger partial charge on any atom is 0.372 e. The highest BCUT2D eigenvalue weighted by molar-refractivity contribution is 7.91. The fourth-order valence-corrected chi connectivity index (χ4v) is 3.59. The third-order valence-electron chi connectivity index (χ3n) is 1.74. The summed E-state index contributed by atoms with van der Waals surface area (Å²) in [6.07, 6.45) is 1.30. The van der Waals surface area contributed by atoms with Gasteiger partial charge in [-0.2, -0.15) is 5.01 Å². The van der Waals surface area contributed by atoms with Crippen molar-refractivity contribution in [2.24, 2.45) is 5.29 Å². The molecule has 0 aliphatic rings. The summed E-state index contributed by atoms with van der Waals surface area (Å²) in [5, 5.41) is 2.37. The SMILES string of the molecule is CN(N=O)C(=O)N(N(CCCl)S(C)(=O)=O)S(C)(=O)=O. The molecule has 2 amide bonds. The standard InChI is InChI=1S/C6H13ClN4O6S2/c1-9(8-13)6(12)11(19(3,16)17)10(5-4-7)18(2,14)15/h4-5H2,1-3H3. The molecule has 0 atom stereocenters. The Labute approximate surface area is 115 Å². The zero-order chi connectivity index (χ0) is 15.4. The molecule has 19 heavy (non-hydrogen) atoms. The second-order valence-corrected chi connectivity index (χ2v) is 7.47. The topological polar surface area (TPSA) is 124 Å². The molecular weight excluding hydrogens is 324 g/mol. The van der Waals surface area contributed by atoms with Crippen LogP contribution >= 0.6 is 11.6 Å². The number of hydrogen-bond acceptors (Lipinski definition) is 7. The van der Waals surface area contributed by atoms with Gasteiger partial charge in [0.05, 0.1) is 17.8 Å². The Morgan fingerprint density at radius 2 is 1.63 bits per heavy atom. The van der Waals surface area contributed by atoms with Gasteiger partial charge >= 0.3 is 6.03 Å². The lowest BCUT2D eigenvalue weighted by atomic mass is 10.8. The normalized spacial score (nSPS) is 12.3. The minimum atomic E-state index is -4.29. The van der Waals surface area contributed by atoms with Gasteiger partial charge in [0.25, 0.3) is 10.0 Å². The number of hydrazine groups is 1. The van der Waals surface area contributed by atoms with Gasteiger partial charge in [0.2, 0.25) is 10.0 Å². The highest BCUT2D eigenvalue weighted by atomic mass is 35.5. The van der Waals surface area contributed by atoms with Crippen LogP contribution in [-0.4, -0.2) is 68.7 Å². The largest absolute Gasteiger partial charge is 0.372 e. The second-order valence-electron chi connectivity index (χ2n) is 3.39. The van der Waals surface area contributed by atoms with Crippen LogP contribution in [0.3, 0.4) is 0 Å². The molecule has 10 nitrogen and oxygen atoms in total. The summed E-state index contributed by atoms with van der Waals surface area (Å²) in [6.45, 7) is -0.466. The highest BCUT2D eigenvalue weighted by Gasteiger charge is 2.37. The molecule has 0 rings (SSSR count). The molecule has 0 bridgehead atoms. The van der Waals surface area contributed by atoms with E-state index in [9.17, 15) is 26.5 Å². The molecule has 112 valence electrons. The van der Waals surface area contributed by atoms with E-state index in [0.29, 0.717) is 12.5 Å². The number of carbonyl (C=O) groups excluding carboxylic acids is 1. The van der Waals surface area contributed by atoms with Crippen molar-refractivity contribution in [3.8, 4) is 0 Å². The summed E-state index contributed by atoms with van der Waals surface area (Å²) in [6, 6.07) is -1.44. The zero-order valence-corrected chi connectivity index (χ0v) is 12.7. The van der Waals surface area contributed by atoms with Gasteiger partial charge in [-0.05, 0) is 0 Å². The Bertz CT molecular complexity index is 546. The van der Waals surface area contributed by atoms with E-state index in [4.69, 9.17) is 11.6 Å². The van der Waals surface area contributed by atoms with Crippen LogP contribution in [0.1, 0.15) is 0 Å². The molecule has 0 N–H and O–H groups in total. The van der Waals surface area contributed by atoms with Crippen LogP contribution in [0.15, 0.2) is 5.29 Å². The molecule has 0 aliphatic carbocycles. The van der Waals surface area contributed by atoms with Crippen molar-refractivity contribution in [2.75, 3.05) is 32.0 Å². The molecule has 0 saturated carbocycles. The summed E-state index contributed by atoms with van der Waals surface area (Å²) >= 11 is 5.38. The van der Waals surface area contributed by atoms with Gasteiger partial charge in [-0.1, -0.05) is 4.41 Å². The number of rotatable bonds is 6. The van der Waals surface area contributed by atoms with Gasteiger partial charge < -0.3 is 0 Å². The Kier molecular flexibility index (Phi) is 6.12. The summed E-state index contributed by atoms with van der Waals surface area (Å²) in [5.74, 6) is -0.259.